The Hall–Kier alpha value is -1.84. The smallest absolute Gasteiger partial charge is 0.410 e. The molecule has 0 spiro atoms. The average Bonchev–Trinajstić information content (AvgIpc) is 2.78. The molecule has 1 amide bonds. The highest BCUT2D eigenvalue weighted by Gasteiger charge is 2.33. The predicted molar refractivity (Wildman–Crippen MR) is 95.0 cm³/mol. The molecule has 0 radical (unpaired) electrons. The number of nitrogens with zero attached hydrogens (tertiary/aromatic N) is 1. The molecular formula is C20H29NO3. The fraction of sp³-hybridized carbons (Fsp3) is 0.600. The lowest BCUT2D eigenvalue weighted by Crippen LogP contribution is -2.47. The molecule has 0 bridgehead atoms. The standard InChI is InChI=1S/C20H29NO3/c1-20(2,3)24-19(23)21-15-9-5-8-12-17(21)18(22)14-13-16-10-6-4-7-11-16/h4,6-7,10-11,17H,5,8-9,12-15H2,1-3H3/t17-/m0/s1. The normalized spacial score (nSPS) is 18.8. The van der Waals surface area contributed by atoms with Crippen LogP contribution in [0.3, 0.4) is 0 Å². The second-order valence-electron chi connectivity index (χ2n) is 7.49. The Labute approximate surface area is 145 Å². The monoisotopic (exact) mass is 331 g/mol. The third-order valence-electron chi connectivity index (χ3n) is 4.26. The average molecular weight is 331 g/mol. The van der Waals surface area contributed by atoms with E-state index in [9.17, 15) is 9.59 Å². The van der Waals surface area contributed by atoms with Crippen molar-refractivity contribution >= 4 is 11.9 Å². The van der Waals surface area contributed by atoms with Crippen molar-refractivity contribution < 1.29 is 14.3 Å². The molecule has 0 unspecified atom stereocenters. The summed E-state index contributed by atoms with van der Waals surface area (Å²) in [4.78, 5) is 26.9. The molecule has 132 valence electrons. The number of ketones is 1. The van der Waals surface area contributed by atoms with E-state index in [1.165, 1.54) is 0 Å². The number of likely N-dealkylation sites (tertiary alicyclic amines) is 1. The van der Waals surface area contributed by atoms with E-state index < -0.39 is 5.60 Å². The van der Waals surface area contributed by atoms with Crippen LogP contribution in [0.15, 0.2) is 30.3 Å². The van der Waals surface area contributed by atoms with E-state index in [1.54, 1.807) is 4.90 Å². The fourth-order valence-electron chi connectivity index (χ4n) is 3.06. The third-order valence-corrected chi connectivity index (χ3v) is 4.26. The van der Waals surface area contributed by atoms with Crippen LogP contribution in [-0.4, -0.2) is 35.0 Å². The minimum atomic E-state index is -0.541. The van der Waals surface area contributed by atoms with E-state index in [4.69, 9.17) is 4.74 Å². The molecule has 4 heteroatoms. The van der Waals surface area contributed by atoms with E-state index in [1.807, 2.05) is 51.1 Å². The number of amides is 1. The van der Waals surface area contributed by atoms with Crippen LogP contribution < -0.4 is 0 Å². The summed E-state index contributed by atoms with van der Waals surface area (Å²) in [6.45, 7) is 6.18. The summed E-state index contributed by atoms with van der Waals surface area (Å²) >= 11 is 0. The number of hydrogen-bond acceptors (Lipinski definition) is 3. The molecule has 2 rings (SSSR count). The molecule has 1 aliphatic heterocycles. The Morgan fingerprint density at radius 3 is 2.50 bits per heavy atom. The Morgan fingerprint density at radius 1 is 1.12 bits per heavy atom. The Balaban J connectivity index is 2.02. The first kappa shape index (κ1) is 18.5. The van der Waals surface area contributed by atoms with Crippen LogP contribution >= 0.6 is 0 Å². The molecule has 1 aliphatic rings. The van der Waals surface area contributed by atoms with Gasteiger partial charge in [0.05, 0.1) is 6.04 Å². The maximum absolute atomic E-state index is 12.8. The number of carbonyl (C=O) groups is 2. The first-order chi connectivity index (χ1) is 11.4. The van der Waals surface area contributed by atoms with Crippen molar-refractivity contribution in [1.82, 2.24) is 4.90 Å². The van der Waals surface area contributed by atoms with Gasteiger partial charge >= 0.3 is 6.09 Å². The summed E-state index contributed by atoms with van der Waals surface area (Å²) in [6.07, 6.45) is 4.55. The number of aryl methyl sites for hydroxylation is 1. The van der Waals surface area contributed by atoms with Crippen molar-refractivity contribution in [2.75, 3.05) is 6.54 Å². The van der Waals surface area contributed by atoms with E-state index in [0.717, 1.165) is 37.7 Å². The summed E-state index contributed by atoms with van der Waals surface area (Å²) in [7, 11) is 0. The van der Waals surface area contributed by atoms with Gasteiger partial charge in [-0.3, -0.25) is 9.69 Å². The van der Waals surface area contributed by atoms with Gasteiger partial charge in [-0.05, 0) is 45.6 Å². The van der Waals surface area contributed by atoms with Crippen molar-refractivity contribution in [2.45, 2.75) is 70.9 Å². The number of Topliss-reactive ketones (excluding diaryl/α,β-unsaturated/α-hetero) is 1. The first-order valence-corrected chi connectivity index (χ1v) is 8.93. The van der Waals surface area contributed by atoms with Crippen LogP contribution in [0.25, 0.3) is 0 Å². The number of carbonyl (C=O) groups excluding carboxylic acids is 2. The quantitative estimate of drug-likeness (QED) is 0.823. The lowest BCUT2D eigenvalue weighted by atomic mass is 9.99. The summed E-state index contributed by atoms with van der Waals surface area (Å²) in [5.74, 6) is 0.145. The summed E-state index contributed by atoms with van der Waals surface area (Å²) < 4.78 is 5.51. The van der Waals surface area contributed by atoms with Gasteiger partial charge < -0.3 is 4.74 Å². The van der Waals surface area contributed by atoms with Gasteiger partial charge in [-0.25, -0.2) is 4.79 Å². The molecular weight excluding hydrogens is 302 g/mol. The first-order valence-electron chi connectivity index (χ1n) is 8.93. The molecule has 1 heterocycles. The van der Waals surface area contributed by atoms with Crippen LogP contribution in [0.2, 0.25) is 0 Å². The third kappa shape index (κ3) is 5.66. The highest BCUT2D eigenvalue weighted by atomic mass is 16.6. The Morgan fingerprint density at radius 2 is 1.83 bits per heavy atom. The summed E-state index contributed by atoms with van der Waals surface area (Å²) in [5, 5.41) is 0. The second kappa shape index (κ2) is 8.32. The van der Waals surface area contributed by atoms with Gasteiger partial charge in [0.25, 0.3) is 0 Å². The molecule has 1 saturated heterocycles. The maximum Gasteiger partial charge on any atom is 0.410 e. The lowest BCUT2D eigenvalue weighted by molar-refractivity contribution is -0.124. The largest absolute Gasteiger partial charge is 0.444 e. The minimum Gasteiger partial charge on any atom is -0.444 e. The van der Waals surface area contributed by atoms with E-state index in [0.29, 0.717) is 13.0 Å². The predicted octanol–water partition coefficient (Wildman–Crippen LogP) is 4.37. The molecule has 1 aromatic rings. The fourth-order valence-corrected chi connectivity index (χ4v) is 3.06. The summed E-state index contributed by atoms with van der Waals surface area (Å²) in [5.41, 5.74) is 0.615. The van der Waals surface area contributed by atoms with Gasteiger partial charge in [0.1, 0.15) is 5.60 Å². The number of benzene rings is 1. The van der Waals surface area contributed by atoms with Gasteiger partial charge in [0.15, 0.2) is 5.78 Å². The van der Waals surface area contributed by atoms with Gasteiger partial charge in [0.2, 0.25) is 0 Å². The minimum absolute atomic E-state index is 0.145. The van der Waals surface area contributed by atoms with Crippen LogP contribution in [0.4, 0.5) is 4.79 Å². The molecule has 4 nitrogen and oxygen atoms in total. The molecule has 0 N–H and O–H groups in total. The Kier molecular flexibility index (Phi) is 6.41. The van der Waals surface area contributed by atoms with Gasteiger partial charge in [-0.1, -0.05) is 43.2 Å². The highest BCUT2D eigenvalue weighted by molar-refractivity contribution is 5.87. The summed E-state index contributed by atoms with van der Waals surface area (Å²) in [6, 6.07) is 9.67. The topological polar surface area (TPSA) is 46.6 Å². The van der Waals surface area contributed by atoms with E-state index in [-0.39, 0.29) is 17.9 Å². The SMILES string of the molecule is CC(C)(C)OC(=O)N1CCCCC[C@H]1C(=O)CCc1ccccc1. The van der Waals surface area contributed by atoms with Crippen molar-refractivity contribution in [2.24, 2.45) is 0 Å². The van der Waals surface area contributed by atoms with E-state index in [2.05, 4.69) is 0 Å². The molecule has 1 fully saturated rings. The van der Waals surface area contributed by atoms with Gasteiger partial charge in [-0.15, -0.1) is 0 Å². The lowest BCUT2D eigenvalue weighted by Gasteiger charge is -2.31. The van der Waals surface area contributed by atoms with Gasteiger partial charge in [-0.2, -0.15) is 0 Å². The van der Waals surface area contributed by atoms with Crippen LogP contribution in [0.5, 0.6) is 0 Å². The van der Waals surface area contributed by atoms with Crippen molar-refractivity contribution in [1.29, 1.82) is 0 Å². The zero-order valence-electron chi connectivity index (χ0n) is 15.1. The Bertz CT molecular complexity index is 548. The highest BCUT2D eigenvalue weighted by Crippen LogP contribution is 2.22. The number of hydrogen-bond donors (Lipinski definition) is 0. The number of rotatable bonds is 4. The van der Waals surface area contributed by atoms with Gasteiger partial charge in [0, 0.05) is 13.0 Å². The van der Waals surface area contributed by atoms with E-state index >= 15 is 0 Å². The maximum atomic E-state index is 12.8. The zero-order valence-corrected chi connectivity index (χ0v) is 15.1. The molecule has 1 atom stereocenters. The number of ether oxygens (including phenoxy) is 1. The zero-order chi connectivity index (χ0) is 17.6. The molecule has 1 aromatic carbocycles. The van der Waals surface area contributed by atoms with Crippen LogP contribution in [0.1, 0.15) is 58.4 Å². The molecule has 0 saturated carbocycles. The second-order valence-corrected chi connectivity index (χ2v) is 7.49. The van der Waals surface area contributed by atoms with Crippen LogP contribution in [-0.2, 0) is 16.0 Å². The van der Waals surface area contributed by atoms with Crippen molar-refractivity contribution in [3.63, 3.8) is 0 Å². The van der Waals surface area contributed by atoms with Crippen molar-refractivity contribution in [3.05, 3.63) is 35.9 Å². The van der Waals surface area contributed by atoms with Crippen LogP contribution in [0, 0.1) is 0 Å². The molecule has 0 aromatic heterocycles. The molecule has 0 aliphatic carbocycles. The molecule has 24 heavy (non-hydrogen) atoms. The van der Waals surface area contributed by atoms with Crippen molar-refractivity contribution in [3.8, 4) is 0 Å².